The van der Waals surface area contributed by atoms with E-state index in [1.807, 2.05) is 11.4 Å². The molecule has 0 atom stereocenters. The Bertz CT molecular complexity index is 212. The van der Waals surface area contributed by atoms with Gasteiger partial charge in [0, 0.05) is 9.35 Å². The summed E-state index contributed by atoms with van der Waals surface area (Å²) in [6, 6.07) is 1.99. The second-order valence-corrected chi connectivity index (χ2v) is 3.82. The summed E-state index contributed by atoms with van der Waals surface area (Å²) in [6.45, 7) is 1.08. The van der Waals surface area contributed by atoms with Crippen molar-refractivity contribution in [3.8, 4) is 0 Å². The van der Waals surface area contributed by atoms with Gasteiger partial charge in [-0.3, -0.25) is 0 Å². The van der Waals surface area contributed by atoms with Crippen LogP contribution in [-0.2, 0) is 11.3 Å². The van der Waals surface area contributed by atoms with Crippen molar-refractivity contribution in [3.05, 3.63) is 20.8 Å². The molecule has 0 saturated heterocycles. The average Bonchev–Trinajstić information content (AvgIpc) is 2.37. The van der Waals surface area contributed by atoms with Gasteiger partial charge >= 0.3 is 0 Å². The third kappa shape index (κ3) is 2.91. The lowest BCUT2D eigenvalue weighted by Crippen LogP contribution is -1.97. The second-order valence-electron chi connectivity index (χ2n) is 1.97. The lowest BCUT2D eigenvalue weighted by Gasteiger charge is -1.99. The third-order valence-electron chi connectivity index (χ3n) is 1.16. The predicted octanol–water partition coefficient (Wildman–Crippen LogP) is 2.02. The van der Waals surface area contributed by atoms with E-state index in [0.29, 0.717) is 13.2 Å². The number of aliphatic hydroxyl groups is 1. The van der Waals surface area contributed by atoms with Crippen molar-refractivity contribution in [2.24, 2.45) is 0 Å². The molecule has 0 aliphatic heterocycles. The number of hydrogen-bond donors (Lipinski definition) is 1. The maximum Gasteiger partial charge on any atom is 0.0821 e. The Kier molecular flexibility index (Phi) is 4.07. The highest BCUT2D eigenvalue weighted by Gasteiger charge is 1.99. The van der Waals surface area contributed by atoms with Gasteiger partial charge in [-0.05, 0) is 27.4 Å². The quantitative estimate of drug-likeness (QED) is 0.812. The molecule has 11 heavy (non-hydrogen) atoms. The van der Waals surface area contributed by atoms with Gasteiger partial charge in [-0.15, -0.1) is 11.3 Å². The molecule has 0 aliphatic rings. The van der Waals surface area contributed by atoms with Crippen LogP contribution in [0, 0.1) is 0 Å². The maximum absolute atomic E-state index is 8.43. The first-order valence-electron chi connectivity index (χ1n) is 3.25. The summed E-state index contributed by atoms with van der Waals surface area (Å²) in [5.41, 5.74) is 0. The Hall–Kier alpha value is 0.100. The van der Waals surface area contributed by atoms with Gasteiger partial charge < -0.3 is 9.84 Å². The minimum atomic E-state index is 0.0863. The van der Waals surface area contributed by atoms with Crippen LogP contribution >= 0.6 is 27.3 Å². The fraction of sp³-hybridized carbons (Fsp3) is 0.429. The van der Waals surface area contributed by atoms with Crippen LogP contribution in [0.1, 0.15) is 4.88 Å². The van der Waals surface area contributed by atoms with Gasteiger partial charge in [0.25, 0.3) is 0 Å². The van der Waals surface area contributed by atoms with E-state index in [1.165, 1.54) is 4.88 Å². The summed E-state index contributed by atoms with van der Waals surface area (Å²) in [7, 11) is 0. The lowest BCUT2D eigenvalue weighted by molar-refractivity contribution is 0.0828. The molecule has 1 aromatic rings. The normalized spacial score (nSPS) is 10.4. The molecule has 0 spiro atoms. The molecule has 4 heteroatoms. The van der Waals surface area contributed by atoms with Crippen molar-refractivity contribution in [2.45, 2.75) is 6.61 Å². The maximum atomic E-state index is 8.43. The number of hydrogen-bond acceptors (Lipinski definition) is 3. The molecule has 0 aromatic carbocycles. The highest BCUT2D eigenvalue weighted by atomic mass is 79.9. The van der Waals surface area contributed by atoms with E-state index in [4.69, 9.17) is 9.84 Å². The molecule has 0 fully saturated rings. The monoisotopic (exact) mass is 236 g/mol. The van der Waals surface area contributed by atoms with Gasteiger partial charge in [0.15, 0.2) is 0 Å². The van der Waals surface area contributed by atoms with Crippen LogP contribution in [0.2, 0.25) is 0 Å². The summed E-state index contributed by atoms with van der Waals surface area (Å²) in [5, 5.41) is 10.4. The molecule has 0 unspecified atom stereocenters. The third-order valence-corrected chi connectivity index (χ3v) is 3.06. The summed E-state index contributed by atoms with van der Waals surface area (Å²) in [6.07, 6.45) is 0. The molecule has 1 aromatic heterocycles. The number of halogens is 1. The van der Waals surface area contributed by atoms with Gasteiger partial charge in [0.05, 0.1) is 19.8 Å². The number of thiophene rings is 1. The Morgan fingerprint density at radius 1 is 1.64 bits per heavy atom. The van der Waals surface area contributed by atoms with Crippen LogP contribution in [0.4, 0.5) is 0 Å². The molecule has 0 bridgehead atoms. The topological polar surface area (TPSA) is 29.5 Å². The fourth-order valence-electron chi connectivity index (χ4n) is 0.658. The molecule has 0 radical (unpaired) electrons. The molecule has 1 N–H and O–H groups in total. The van der Waals surface area contributed by atoms with Gasteiger partial charge in [-0.25, -0.2) is 0 Å². The van der Waals surface area contributed by atoms with Gasteiger partial charge in [0.1, 0.15) is 0 Å². The van der Waals surface area contributed by atoms with Gasteiger partial charge in [-0.1, -0.05) is 0 Å². The molecular formula is C7H9BrO2S. The zero-order chi connectivity index (χ0) is 8.10. The number of rotatable bonds is 4. The number of aliphatic hydroxyl groups excluding tert-OH is 1. The van der Waals surface area contributed by atoms with Crippen LogP contribution in [0.25, 0.3) is 0 Å². The SMILES string of the molecule is OCCOCc1sccc1Br. The van der Waals surface area contributed by atoms with E-state index in [9.17, 15) is 0 Å². The first-order valence-corrected chi connectivity index (χ1v) is 4.92. The Balaban J connectivity index is 2.32. The van der Waals surface area contributed by atoms with Crippen molar-refractivity contribution in [2.75, 3.05) is 13.2 Å². The van der Waals surface area contributed by atoms with Gasteiger partial charge in [-0.2, -0.15) is 0 Å². The summed E-state index contributed by atoms with van der Waals surface area (Å²) in [4.78, 5) is 1.17. The molecule has 0 saturated carbocycles. The minimum absolute atomic E-state index is 0.0863. The Morgan fingerprint density at radius 2 is 2.45 bits per heavy atom. The van der Waals surface area contributed by atoms with Crippen LogP contribution < -0.4 is 0 Å². The van der Waals surface area contributed by atoms with Gasteiger partial charge in [0.2, 0.25) is 0 Å². The van der Waals surface area contributed by atoms with Crippen molar-refractivity contribution >= 4 is 27.3 Å². The second kappa shape index (κ2) is 4.87. The van der Waals surface area contributed by atoms with E-state index in [1.54, 1.807) is 11.3 Å². The zero-order valence-corrected chi connectivity index (χ0v) is 8.32. The highest BCUT2D eigenvalue weighted by Crippen LogP contribution is 2.22. The molecule has 1 rings (SSSR count). The van der Waals surface area contributed by atoms with Crippen molar-refractivity contribution < 1.29 is 9.84 Å². The predicted molar refractivity (Wildman–Crippen MR) is 48.8 cm³/mol. The smallest absolute Gasteiger partial charge is 0.0821 e. The molecule has 2 nitrogen and oxygen atoms in total. The van der Waals surface area contributed by atoms with E-state index in [0.717, 1.165) is 4.47 Å². The molecule has 62 valence electrons. The largest absolute Gasteiger partial charge is 0.394 e. The number of ether oxygens (including phenoxy) is 1. The summed E-state index contributed by atoms with van der Waals surface area (Å²) < 4.78 is 6.22. The zero-order valence-electron chi connectivity index (χ0n) is 5.92. The summed E-state index contributed by atoms with van der Waals surface area (Å²) in [5.74, 6) is 0. The van der Waals surface area contributed by atoms with Crippen molar-refractivity contribution in [3.63, 3.8) is 0 Å². The molecular weight excluding hydrogens is 228 g/mol. The van der Waals surface area contributed by atoms with Crippen LogP contribution in [0.5, 0.6) is 0 Å². The van der Waals surface area contributed by atoms with Crippen molar-refractivity contribution in [1.82, 2.24) is 0 Å². The Labute approximate surface area is 77.9 Å². The van der Waals surface area contributed by atoms with E-state index >= 15 is 0 Å². The first kappa shape index (κ1) is 9.19. The molecule has 0 aliphatic carbocycles. The average molecular weight is 237 g/mol. The van der Waals surface area contributed by atoms with E-state index < -0.39 is 0 Å². The van der Waals surface area contributed by atoms with Crippen LogP contribution in [-0.4, -0.2) is 18.3 Å². The fourth-order valence-corrected chi connectivity index (χ4v) is 2.06. The molecule has 0 amide bonds. The standard InChI is InChI=1S/C7H9BrO2S/c8-6-1-4-11-7(6)5-10-3-2-9/h1,4,9H,2-3,5H2. The Morgan fingerprint density at radius 3 is 3.00 bits per heavy atom. The highest BCUT2D eigenvalue weighted by molar-refractivity contribution is 9.10. The van der Waals surface area contributed by atoms with Crippen molar-refractivity contribution in [1.29, 1.82) is 0 Å². The summed E-state index contributed by atoms with van der Waals surface area (Å²) >= 11 is 5.03. The van der Waals surface area contributed by atoms with Crippen LogP contribution in [0.15, 0.2) is 15.9 Å². The minimum Gasteiger partial charge on any atom is -0.394 e. The van der Waals surface area contributed by atoms with Crippen LogP contribution in [0.3, 0.4) is 0 Å². The van der Waals surface area contributed by atoms with E-state index in [2.05, 4.69) is 15.9 Å². The molecule has 1 heterocycles. The lowest BCUT2D eigenvalue weighted by atomic mass is 10.5. The first-order chi connectivity index (χ1) is 5.34. The van der Waals surface area contributed by atoms with E-state index in [-0.39, 0.29) is 6.61 Å².